The third-order valence-corrected chi connectivity index (χ3v) is 2.02. The Hall–Kier alpha value is -0.650. The summed E-state index contributed by atoms with van der Waals surface area (Å²) in [7, 11) is 0. The Morgan fingerprint density at radius 2 is 1.75 bits per heavy atom. The second-order valence-corrected chi connectivity index (χ2v) is 5.05. The molecule has 0 fully saturated rings. The predicted molar refractivity (Wildman–Crippen MR) is 61.4 cm³/mol. The van der Waals surface area contributed by atoms with Gasteiger partial charge in [0.05, 0.1) is 18.8 Å². The molecule has 0 aliphatic rings. The maximum absolute atomic E-state index is 10.7. The van der Waals surface area contributed by atoms with Gasteiger partial charge in [-0.1, -0.05) is 0 Å². The van der Waals surface area contributed by atoms with Gasteiger partial charge in [-0.25, -0.2) is 0 Å². The molecule has 0 bridgehead atoms. The molecule has 0 saturated carbocycles. The van der Waals surface area contributed by atoms with E-state index in [0.29, 0.717) is 19.8 Å². The number of carboxylic acids is 1. The molecule has 5 heteroatoms. The fourth-order valence-corrected chi connectivity index (χ4v) is 0.900. The van der Waals surface area contributed by atoms with Crippen molar-refractivity contribution in [1.29, 1.82) is 0 Å². The van der Waals surface area contributed by atoms with Crippen molar-refractivity contribution in [3.8, 4) is 0 Å². The topological polar surface area (TPSA) is 81.8 Å². The van der Waals surface area contributed by atoms with Gasteiger partial charge in [-0.2, -0.15) is 0 Å². The first-order valence-corrected chi connectivity index (χ1v) is 5.39. The van der Waals surface area contributed by atoms with Gasteiger partial charge in [-0.15, -0.1) is 0 Å². The highest BCUT2D eigenvalue weighted by molar-refractivity contribution is 5.77. The summed E-state index contributed by atoms with van der Waals surface area (Å²) in [6, 6.07) is 0. The largest absolute Gasteiger partial charge is 0.480 e. The van der Waals surface area contributed by atoms with Gasteiger partial charge in [0.15, 0.2) is 0 Å². The standard InChI is InChI=1S/C11H23NO4/c1-10(2,3)16-8-7-15-6-5-11(4,12)9(13)14/h5-8,12H2,1-4H3,(H,13,14). The number of hydrogen-bond acceptors (Lipinski definition) is 4. The van der Waals surface area contributed by atoms with Gasteiger partial charge in [0, 0.05) is 6.61 Å². The summed E-state index contributed by atoms with van der Waals surface area (Å²) in [5.41, 5.74) is 4.14. The number of carboxylic acid groups (broad SMARTS) is 1. The molecule has 0 aromatic heterocycles. The molecule has 0 aliphatic carbocycles. The lowest BCUT2D eigenvalue weighted by molar-refractivity contribution is -0.143. The minimum Gasteiger partial charge on any atom is -0.480 e. The van der Waals surface area contributed by atoms with Crippen molar-refractivity contribution in [3.05, 3.63) is 0 Å². The number of ether oxygens (including phenoxy) is 2. The first-order valence-electron chi connectivity index (χ1n) is 5.39. The van der Waals surface area contributed by atoms with E-state index in [-0.39, 0.29) is 12.0 Å². The van der Waals surface area contributed by atoms with Crippen LogP contribution in [0.4, 0.5) is 0 Å². The Morgan fingerprint density at radius 1 is 1.19 bits per heavy atom. The zero-order valence-corrected chi connectivity index (χ0v) is 10.6. The molecule has 3 N–H and O–H groups in total. The first kappa shape index (κ1) is 15.3. The van der Waals surface area contributed by atoms with Crippen molar-refractivity contribution < 1.29 is 19.4 Å². The van der Waals surface area contributed by atoms with Crippen LogP contribution in [0.2, 0.25) is 0 Å². The maximum Gasteiger partial charge on any atom is 0.323 e. The van der Waals surface area contributed by atoms with E-state index in [9.17, 15) is 4.79 Å². The number of rotatable bonds is 7. The van der Waals surface area contributed by atoms with Crippen molar-refractivity contribution in [1.82, 2.24) is 0 Å². The molecule has 0 heterocycles. The highest BCUT2D eigenvalue weighted by Crippen LogP contribution is 2.07. The van der Waals surface area contributed by atoms with Crippen molar-refractivity contribution in [2.45, 2.75) is 45.3 Å². The highest BCUT2D eigenvalue weighted by atomic mass is 16.5. The van der Waals surface area contributed by atoms with Gasteiger partial charge in [0.25, 0.3) is 0 Å². The van der Waals surface area contributed by atoms with Crippen LogP contribution in [0.3, 0.4) is 0 Å². The van der Waals surface area contributed by atoms with Crippen molar-refractivity contribution in [2.24, 2.45) is 5.73 Å². The molecule has 0 aliphatic heterocycles. The minimum absolute atomic E-state index is 0.174. The fraction of sp³-hybridized carbons (Fsp3) is 0.909. The Kier molecular flexibility index (Phi) is 5.92. The molecule has 1 unspecified atom stereocenters. The SMILES string of the molecule is CC(C)(C)OCCOCCC(C)(N)C(=O)O. The summed E-state index contributed by atoms with van der Waals surface area (Å²) in [4.78, 5) is 10.7. The van der Waals surface area contributed by atoms with E-state index >= 15 is 0 Å². The first-order chi connectivity index (χ1) is 7.15. The van der Waals surface area contributed by atoms with Crippen LogP contribution in [0.15, 0.2) is 0 Å². The summed E-state index contributed by atoms with van der Waals surface area (Å²) in [5.74, 6) is -1.01. The Labute approximate surface area is 96.9 Å². The van der Waals surface area contributed by atoms with E-state index in [4.69, 9.17) is 20.3 Å². The second kappa shape index (κ2) is 6.18. The van der Waals surface area contributed by atoms with Gasteiger partial charge in [-0.05, 0) is 34.1 Å². The molecule has 0 amide bonds. The molecule has 0 spiro atoms. The number of hydrogen-bond donors (Lipinski definition) is 2. The third-order valence-electron chi connectivity index (χ3n) is 2.02. The van der Waals surface area contributed by atoms with E-state index in [1.807, 2.05) is 20.8 Å². The molecule has 0 aromatic rings. The van der Waals surface area contributed by atoms with Gasteiger partial charge in [-0.3, -0.25) is 4.79 Å². The van der Waals surface area contributed by atoms with Crippen LogP contribution in [0.25, 0.3) is 0 Å². The average Bonchev–Trinajstić information content (AvgIpc) is 2.09. The summed E-state index contributed by atoms with van der Waals surface area (Å²) in [6.45, 7) is 8.65. The Balaban J connectivity index is 3.52. The van der Waals surface area contributed by atoms with Crippen LogP contribution < -0.4 is 5.73 Å². The van der Waals surface area contributed by atoms with Gasteiger partial charge >= 0.3 is 5.97 Å². The van der Waals surface area contributed by atoms with E-state index in [1.54, 1.807) is 0 Å². The molecule has 0 saturated heterocycles. The van der Waals surface area contributed by atoms with Crippen molar-refractivity contribution >= 4 is 5.97 Å². The van der Waals surface area contributed by atoms with E-state index in [2.05, 4.69) is 0 Å². The molecule has 1 atom stereocenters. The summed E-state index contributed by atoms with van der Waals surface area (Å²) >= 11 is 0. The van der Waals surface area contributed by atoms with E-state index < -0.39 is 11.5 Å². The maximum atomic E-state index is 10.7. The van der Waals surface area contributed by atoms with Crippen molar-refractivity contribution in [2.75, 3.05) is 19.8 Å². The molecule has 0 radical (unpaired) electrons. The van der Waals surface area contributed by atoms with Crippen LogP contribution in [0.1, 0.15) is 34.1 Å². The fourth-order valence-electron chi connectivity index (χ4n) is 0.900. The molecule has 0 aromatic carbocycles. The lowest BCUT2D eigenvalue weighted by atomic mass is 10.0. The van der Waals surface area contributed by atoms with Crippen LogP contribution in [-0.4, -0.2) is 42.0 Å². The van der Waals surface area contributed by atoms with E-state index in [0.717, 1.165) is 0 Å². The summed E-state index contributed by atoms with van der Waals surface area (Å²) < 4.78 is 10.7. The Morgan fingerprint density at radius 3 is 2.19 bits per heavy atom. The molecule has 0 rings (SSSR count). The van der Waals surface area contributed by atoms with Crippen LogP contribution in [0, 0.1) is 0 Å². The Bertz CT molecular complexity index is 221. The monoisotopic (exact) mass is 233 g/mol. The smallest absolute Gasteiger partial charge is 0.323 e. The number of aliphatic carboxylic acids is 1. The lowest BCUT2D eigenvalue weighted by Crippen LogP contribution is -2.45. The molecule has 5 nitrogen and oxygen atoms in total. The molecular weight excluding hydrogens is 210 g/mol. The van der Waals surface area contributed by atoms with Crippen LogP contribution in [0.5, 0.6) is 0 Å². The normalized spacial score (nSPS) is 15.8. The summed E-state index contributed by atoms with van der Waals surface area (Å²) in [5, 5.41) is 8.75. The molecule has 16 heavy (non-hydrogen) atoms. The lowest BCUT2D eigenvalue weighted by Gasteiger charge is -2.21. The average molecular weight is 233 g/mol. The van der Waals surface area contributed by atoms with Crippen molar-refractivity contribution in [3.63, 3.8) is 0 Å². The number of nitrogens with two attached hydrogens (primary N) is 1. The number of carbonyl (C=O) groups is 1. The molecular formula is C11H23NO4. The van der Waals surface area contributed by atoms with Crippen LogP contribution >= 0.6 is 0 Å². The zero-order valence-electron chi connectivity index (χ0n) is 10.6. The predicted octanol–water partition coefficient (Wildman–Crippen LogP) is 1.01. The van der Waals surface area contributed by atoms with Gasteiger partial charge in [0.1, 0.15) is 5.54 Å². The minimum atomic E-state index is -1.22. The van der Waals surface area contributed by atoms with Gasteiger partial charge < -0.3 is 20.3 Å². The third kappa shape index (κ3) is 7.62. The quantitative estimate of drug-likeness (QED) is 0.641. The van der Waals surface area contributed by atoms with Crippen LogP contribution in [-0.2, 0) is 14.3 Å². The zero-order chi connectivity index (χ0) is 12.8. The van der Waals surface area contributed by atoms with E-state index in [1.165, 1.54) is 6.92 Å². The molecule has 96 valence electrons. The second-order valence-electron chi connectivity index (χ2n) is 5.05. The summed E-state index contributed by atoms with van der Waals surface area (Å²) in [6.07, 6.45) is 0.290. The highest BCUT2D eigenvalue weighted by Gasteiger charge is 2.27. The van der Waals surface area contributed by atoms with Gasteiger partial charge in [0.2, 0.25) is 0 Å².